The topological polar surface area (TPSA) is 58.6 Å². The number of nitrogens with one attached hydrogen (secondary N) is 1. The molecule has 5 nitrogen and oxygen atoms in total. The lowest BCUT2D eigenvalue weighted by molar-refractivity contribution is 0.270. The molecular weight excluding hydrogens is 404 g/mol. The number of ether oxygens (including phenoxy) is 1. The minimum absolute atomic E-state index is 0. The molecule has 1 N–H and O–H groups in total. The second-order valence-corrected chi connectivity index (χ2v) is 8.42. The first kappa shape index (κ1) is 20.7. The van der Waals surface area contributed by atoms with Gasteiger partial charge in [0, 0.05) is 17.6 Å². The molecule has 0 radical (unpaired) electrons. The highest BCUT2D eigenvalue weighted by Crippen LogP contribution is 2.33. The summed E-state index contributed by atoms with van der Waals surface area (Å²) in [6, 6.07) is 3.40. The van der Waals surface area contributed by atoms with Crippen molar-refractivity contribution in [2.24, 2.45) is 5.92 Å². The van der Waals surface area contributed by atoms with Crippen LogP contribution in [-0.2, 0) is 10.0 Å². The predicted octanol–water partition coefficient (Wildman–Crippen LogP) is 2.81. The molecule has 23 heavy (non-hydrogen) atoms. The lowest BCUT2D eigenvalue weighted by atomic mass is 9.98. The van der Waals surface area contributed by atoms with Crippen LogP contribution in [-0.4, -0.2) is 46.5 Å². The van der Waals surface area contributed by atoms with E-state index < -0.39 is 10.0 Å². The summed E-state index contributed by atoms with van der Waals surface area (Å²) in [5.41, 5.74) is 0.948. The number of sulfonamides is 1. The van der Waals surface area contributed by atoms with Gasteiger partial charge in [-0.25, -0.2) is 8.42 Å². The van der Waals surface area contributed by atoms with Crippen molar-refractivity contribution < 1.29 is 13.2 Å². The molecule has 0 bridgehead atoms. The van der Waals surface area contributed by atoms with Crippen molar-refractivity contribution in [1.82, 2.24) is 9.62 Å². The van der Waals surface area contributed by atoms with Crippen molar-refractivity contribution in [1.29, 1.82) is 0 Å². The highest BCUT2D eigenvalue weighted by molar-refractivity contribution is 9.10. The molecule has 0 amide bonds. The number of rotatable bonds is 5. The van der Waals surface area contributed by atoms with E-state index in [-0.39, 0.29) is 17.3 Å². The third-order valence-electron chi connectivity index (χ3n) is 4.13. The molecule has 1 aliphatic heterocycles. The summed E-state index contributed by atoms with van der Waals surface area (Å²) in [7, 11) is -0.0953. The van der Waals surface area contributed by atoms with E-state index in [0.717, 1.165) is 29.4 Å². The summed E-state index contributed by atoms with van der Waals surface area (Å²) >= 11 is 3.41. The first-order valence-corrected chi connectivity index (χ1v) is 9.62. The SMILES string of the molecule is CNCC1CCN(S(=O)(=O)c2cc(Br)c(C)cc2OC)CC1.Cl. The van der Waals surface area contributed by atoms with E-state index in [0.29, 0.717) is 24.8 Å². The van der Waals surface area contributed by atoms with Gasteiger partial charge >= 0.3 is 0 Å². The van der Waals surface area contributed by atoms with E-state index in [2.05, 4.69) is 21.2 Å². The van der Waals surface area contributed by atoms with Crippen LogP contribution in [0.4, 0.5) is 0 Å². The molecular formula is C15H24BrClN2O3S. The van der Waals surface area contributed by atoms with Crippen LogP contribution in [0.5, 0.6) is 5.75 Å². The first-order valence-electron chi connectivity index (χ1n) is 7.39. The van der Waals surface area contributed by atoms with Gasteiger partial charge in [0.15, 0.2) is 0 Å². The molecule has 0 unspecified atom stereocenters. The molecule has 0 spiro atoms. The zero-order chi connectivity index (χ0) is 16.3. The zero-order valence-electron chi connectivity index (χ0n) is 13.6. The largest absolute Gasteiger partial charge is 0.495 e. The van der Waals surface area contributed by atoms with Gasteiger partial charge in [-0.05, 0) is 57.0 Å². The smallest absolute Gasteiger partial charge is 0.246 e. The Morgan fingerprint density at radius 1 is 1.35 bits per heavy atom. The summed E-state index contributed by atoms with van der Waals surface area (Å²) < 4.78 is 33.4. The van der Waals surface area contributed by atoms with Crippen molar-refractivity contribution in [3.8, 4) is 5.75 Å². The summed E-state index contributed by atoms with van der Waals surface area (Å²) in [6.07, 6.45) is 1.77. The highest BCUT2D eigenvalue weighted by Gasteiger charge is 2.31. The second kappa shape index (κ2) is 8.67. The molecule has 1 aromatic rings. The van der Waals surface area contributed by atoms with E-state index in [1.54, 1.807) is 16.4 Å². The monoisotopic (exact) mass is 426 g/mol. The summed E-state index contributed by atoms with van der Waals surface area (Å²) in [4.78, 5) is 0.236. The van der Waals surface area contributed by atoms with Gasteiger partial charge in [0.25, 0.3) is 0 Å². The molecule has 1 aliphatic rings. The summed E-state index contributed by atoms with van der Waals surface area (Å²) in [6.45, 7) is 3.96. The third kappa shape index (κ3) is 4.60. The standard InChI is InChI=1S/C15H23BrN2O3S.ClH/c1-11-8-14(21-3)15(9-13(11)16)22(19,20)18-6-4-12(5-7-18)10-17-2;/h8-9,12,17H,4-7,10H2,1-3H3;1H. The van der Waals surface area contributed by atoms with Crippen molar-refractivity contribution >= 4 is 38.4 Å². The van der Waals surface area contributed by atoms with Crippen LogP contribution in [0.2, 0.25) is 0 Å². The van der Waals surface area contributed by atoms with Crippen LogP contribution < -0.4 is 10.1 Å². The van der Waals surface area contributed by atoms with Crippen molar-refractivity contribution in [2.75, 3.05) is 33.8 Å². The number of methoxy groups -OCH3 is 1. The van der Waals surface area contributed by atoms with Crippen LogP contribution in [0.1, 0.15) is 18.4 Å². The van der Waals surface area contributed by atoms with Gasteiger partial charge in [0.05, 0.1) is 7.11 Å². The Hall–Kier alpha value is -0.340. The Bertz CT molecular complexity index is 632. The lowest BCUT2D eigenvalue weighted by Crippen LogP contribution is -2.40. The fourth-order valence-corrected chi connectivity index (χ4v) is 4.91. The quantitative estimate of drug-likeness (QED) is 0.785. The first-order chi connectivity index (χ1) is 10.4. The van der Waals surface area contributed by atoms with Gasteiger partial charge < -0.3 is 10.1 Å². The minimum atomic E-state index is -3.52. The van der Waals surface area contributed by atoms with E-state index in [1.807, 2.05) is 14.0 Å². The molecule has 1 heterocycles. The molecule has 0 aromatic heterocycles. The molecule has 132 valence electrons. The van der Waals surface area contributed by atoms with Crippen molar-refractivity contribution in [2.45, 2.75) is 24.7 Å². The maximum absolute atomic E-state index is 12.9. The average Bonchev–Trinajstić information content (AvgIpc) is 2.50. The normalized spacial score (nSPS) is 16.9. The van der Waals surface area contributed by atoms with Crippen LogP contribution in [0.25, 0.3) is 0 Å². The number of hydrogen-bond acceptors (Lipinski definition) is 4. The molecule has 8 heteroatoms. The maximum Gasteiger partial charge on any atom is 0.246 e. The van der Waals surface area contributed by atoms with Crippen LogP contribution in [0.3, 0.4) is 0 Å². The highest BCUT2D eigenvalue weighted by atomic mass is 79.9. The summed E-state index contributed by atoms with van der Waals surface area (Å²) in [5.74, 6) is 0.946. The van der Waals surface area contributed by atoms with Gasteiger partial charge in [-0.2, -0.15) is 4.31 Å². The molecule has 0 atom stereocenters. The maximum atomic E-state index is 12.9. The number of halogens is 2. The van der Waals surface area contributed by atoms with E-state index >= 15 is 0 Å². The van der Waals surface area contributed by atoms with Crippen molar-refractivity contribution in [3.05, 3.63) is 22.2 Å². The predicted molar refractivity (Wildman–Crippen MR) is 98.1 cm³/mol. The number of benzene rings is 1. The van der Waals surface area contributed by atoms with Gasteiger partial charge in [0.2, 0.25) is 10.0 Å². The van der Waals surface area contributed by atoms with Crippen LogP contribution in [0.15, 0.2) is 21.5 Å². The Labute approximate surface area is 153 Å². The molecule has 2 rings (SSSR count). The number of aryl methyl sites for hydroxylation is 1. The fraction of sp³-hybridized carbons (Fsp3) is 0.600. The van der Waals surface area contributed by atoms with E-state index in [1.165, 1.54) is 7.11 Å². The molecule has 1 saturated heterocycles. The molecule has 0 aliphatic carbocycles. The second-order valence-electron chi connectivity index (χ2n) is 5.66. The number of hydrogen-bond donors (Lipinski definition) is 1. The van der Waals surface area contributed by atoms with Gasteiger partial charge in [0.1, 0.15) is 10.6 Å². The zero-order valence-corrected chi connectivity index (χ0v) is 16.9. The number of piperidine rings is 1. The average molecular weight is 428 g/mol. The fourth-order valence-electron chi connectivity index (χ4n) is 2.78. The minimum Gasteiger partial charge on any atom is -0.495 e. The third-order valence-corrected chi connectivity index (χ3v) is 6.90. The van der Waals surface area contributed by atoms with Crippen molar-refractivity contribution in [3.63, 3.8) is 0 Å². The van der Waals surface area contributed by atoms with Gasteiger partial charge in [-0.3, -0.25) is 0 Å². The van der Waals surface area contributed by atoms with Crippen LogP contribution in [0, 0.1) is 12.8 Å². The van der Waals surface area contributed by atoms with Gasteiger partial charge in [-0.1, -0.05) is 15.9 Å². The Kier molecular flexibility index (Phi) is 7.80. The molecule has 0 saturated carbocycles. The Morgan fingerprint density at radius 2 is 1.96 bits per heavy atom. The number of nitrogens with zero attached hydrogens (tertiary/aromatic N) is 1. The molecule has 1 fully saturated rings. The van der Waals surface area contributed by atoms with E-state index in [9.17, 15) is 8.42 Å². The van der Waals surface area contributed by atoms with Gasteiger partial charge in [-0.15, -0.1) is 12.4 Å². The Balaban J connectivity index is 0.00000264. The van der Waals surface area contributed by atoms with Crippen LogP contribution >= 0.6 is 28.3 Å². The molecule has 1 aromatic carbocycles. The lowest BCUT2D eigenvalue weighted by Gasteiger charge is -2.31. The Morgan fingerprint density at radius 3 is 2.48 bits per heavy atom. The summed E-state index contributed by atoms with van der Waals surface area (Å²) in [5, 5.41) is 3.16. The van der Waals surface area contributed by atoms with E-state index in [4.69, 9.17) is 4.74 Å².